The minimum atomic E-state index is -0.802. The Bertz CT molecular complexity index is 956. The summed E-state index contributed by atoms with van der Waals surface area (Å²) in [6, 6.07) is 6.17. The molecule has 1 aliphatic rings. The molecule has 3 aromatic rings. The highest BCUT2D eigenvalue weighted by Gasteiger charge is 2.25. The Labute approximate surface area is 159 Å². The van der Waals surface area contributed by atoms with Crippen LogP contribution in [0.2, 0.25) is 0 Å². The lowest BCUT2D eigenvalue weighted by molar-refractivity contribution is 0.197. The normalized spacial score (nSPS) is 18.5. The van der Waals surface area contributed by atoms with Gasteiger partial charge < -0.3 is 0 Å². The highest BCUT2D eigenvalue weighted by Crippen LogP contribution is 2.30. The summed E-state index contributed by atoms with van der Waals surface area (Å²) in [7, 11) is 0. The topological polar surface area (TPSA) is 33.4 Å². The van der Waals surface area contributed by atoms with Crippen LogP contribution in [0.15, 0.2) is 34.9 Å². The van der Waals surface area contributed by atoms with Crippen molar-refractivity contribution in [1.29, 1.82) is 0 Å². The van der Waals surface area contributed by atoms with E-state index in [0.717, 1.165) is 53.0 Å². The predicted octanol–water partition coefficient (Wildman–Crippen LogP) is 4.46. The fourth-order valence-electron chi connectivity index (χ4n) is 3.69. The van der Waals surface area contributed by atoms with Gasteiger partial charge in [-0.2, -0.15) is 5.10 Å². The fraction of sp³-hybridized carbons (Fsp3) is 0.368. The molecule has 1 fully saturated rings. The molecule has 4 rings (SSSR count). The first-order chi connectivity index (χ1) is 12.5. The molecule has 26 heavy (non-hydrogen) atoms. The second kappa shape index (κ2) is 7.04. The summed E-state index contributed by atoms with van der Waals surface area (Å²) in [6.07, 6.45) is 3.95. The van der Waals surface area contributed by atoms with E-state index in [-0.39, 0.29) is 0 Å². The van der Waals surface area contributed by atoms with Crippen LogP contribution in [0.4, 0.5) is 8.78 Å². The molecule has 0 spiro atoms. The first-order valence-electron chi connectivity index (χ1n) is 8.69. The van der Waals surface area contributed by atoms with Gasteiger partial charge in [-0.1, -0.05) is 6.07 Å². The number of aryl methyl sites for hydroxylation is 1. The first kappa shape index (κ1) is 17.5. The summed E-state index contributed by atoms with van der Waals surface area (Å²) < 4.78 is 29.5. The van der Waals surface area contributed by atoms with Crippen molar-refractivity contribution in [2.24, 2.45) is 0 Å². The van der Waals surface area contributed by atoms with Crippen LogP contribution in [0.25, 0.3) is 5.65 Å². The molecule has 1 aliphatic heterocycles. The third-order valence-corrected chi connectivity index (χ3v) is 5.89. The molecular weight excluding hydrogens is 402 g/mol. The molecule has 0 N–H and O–H groups in total. The van der Waals surface area contributed by atoms with Crippen molar-refractivity contribution in [3.63, 3.8) is 0 Å². The maximum atomic E-state index is 13.5. The zero-order chi connectivity index (χ0) is 18.3. The van der Waals surface area contributed by atoms with Gasteiger partial charge in [0.1, 0.15) is 0 Å². The van der Waals surface area contributed by atoms with Gasteiger partial charge in [0.15, 0.2) is 17.3 Å². The number of fused-ring (bicyclic) bond motifs is 1. The molecule has 0 aliphatic carbocycles. The lowest BCUT2D eigenvalue weighted by Crippen LogP contribution is -2.34. The molecule has 7 heteroatoms. The van der Waals surface area contributed by atoms with Gasteiger partial charge in [-0.15, -0.1) is 0 Å². The number of likely N-dealkylation sites (tertiary alicyclic amines) is 1. The minimum absolute atomic E-state index is 0.325. The number of halogens is 3. The van der Waals surface area contributed by atoms with Crippen molar-refractivity contribution >= 4 is 21.6 Å². The van der Waals surface area contributed by atoms with Crippen molar-refractivity contribution in [2.75, 3.05) is 13.1 Å². The number of hydrogen-bond acceptors (Lipinski definition) is 3. The molecule has 4 nitrogen and oxygen atoms in total. The molecule has 136 valence electrons. The van der Waals surface area contributed by atoms with Crippen LogP contribution in [0.3, 0.4) is 0 Å². The van der Waals surface area contributed by atoms with E-state index in [1.165, 1.54) is 12.1 Å². The summed E-state index contributed by atoms with van der Waals surface area (Å²) >= 11 is 3.56. The monoisotopic (exact) mass is 420 g/mol. The van der Waals surface area contributed by atoms with E-state index in [1.807, 2.05) is 23.7 Å². The van der Waals surface area contributed by atoms with Gasteiger partial charge in [0.2, 0.25) is 0 Å². The highest BCUT2D eigenvalue weighted by molar-refractivity contribution is 9.10. The fourth-order valence-corrected chi connectivity index (χ4v) is 4.04. The molecule has 0 amide bonds. The molecule has 2 aromatic heterocycles. The van der Waals surface area contributed by atoms with Gasteiger partial charge >= 0.3 is 0 Å². The van der Waals surface area contributed by atoms with Gasteiger partial charge in [0.05, 0.1) is 15.9 Å². The van der Waals surface area contributed by atoms with E-state index in [0.29, 0.717) is 12.5 Å². The van der Waals surface area contributed by atoms with Crippen LogP contribution >= 0.6 is 15.9 Å². The Kier molecular flexibility index (Phi) is 4.75. The Morgan fingerprint density at radius 3 is 2.88 bits per heavy atom. The highest BCUT2D eigenvalue weighted by atomic mass is 79.9. The average molecular weight is 421 g/mol. The number of nitrogens with zero attached hydrogens (tertiary/aromatic N) is 4. The van der Waals surface area contributed by atoms with Crippen molar-refractivity contribution in [1.82, 2.24) is 19.5 Å². The van der Waals surface area contributed by atoms with Crippen LogP contribution in [-0.4, -0.2) is 32.6 Å². The van der Waals surface area contributed by atoms with Gasteiger partial charge in [-0.25, -0.2) is 18.3 Å². The summed E-state index contributed by atoms with van der Waals surface area (Å²) in [5.74, 6) is -1.27. The molecule has 3 heterocycles. The third-order valence-electron chi connectivity index (χ3n) is 4.97. The van der Waals surface area contributed by atoms with Crippen molar-refractivity contribution in [3.05, 3.63) is 63.5 Å². The van der Waals surface area contributed by atoms with Gasteiger partial charge in [0, 0.05) is 25.2 Å². The molecule has 1 atom stereocenters. The second-order valence-corrected chi connectivity index (χ2v) is 7.62. The zero-order valence-corrected chi connectivity index (χ0v) is 16.0. The minimum Gasteiger partial charge on any atom is -0.298 e. The van der Waals surface area contributed by atoms with E-state index >= 15 is 0 Å². The lowest BCUT2D eigenvalue weighted by Gasteiger charge is -2.33. The summed E-state index contributed by atoms with van der Waals surface area (Å²) in [6.45, 7) is 4.38. The molecule has 1 saturated heterocycles. The van der Waals surface area contributed by atoms with Crippen LogP contribution in [0, 0.1) is 18.6 Å². The number of benzene rings is 1. The van der Waals surface area contributed by atoms with E-state index in [9.17, 15) is 8.78 Å². The maximum Gasteiger partial charge on any atom is 0.169 e. The van der Waals surface area contributed by atoms with Gasteiger partial charge in [0.25, 0.3) is 0 Å². The second-order valence-electron chi connectivity index (χ2n) is 6.83. The summed E-state index contributed by atoms with van der Waals surface area (Å²) in [5, 5.41) is 4.62. The van der Waals surface area contributed by atoms with Crippen LogP contribution in [-0.2, 0) is 6.54 Å². The number of piperidine rings is 1. The average Bonchev–Trinajstić information content (AvgIpc) is 2.93. The molecule has 0 unspecified atom stereocenters. The standard InChI is InChI=1S/C19H19BrF2N4/c1-12-18(20)19-23-7-6-17(26(19)24-12)14-3-2-8-25(11-14)10-13-4-5-15(21)16(22)9-13/h4-7,9,14H,2-3,8,10-11H2,1H3/t14-/m0/s1. The third kappa shape index (κ3) is 3.25. The van der Waals surface area contributed by atoms with E-state index in [4.69, 9.17) is 0 Å². The van der Waals surface area contributed by atoms with Crippen LogP contribution < -0.4 is 0 Å². The molecular formula is C19H19BrF2N4. The molecule has 0 bridgehead atoms. The molecule has 0 radical (unpaired) electrons. The Morgan fingerprint density at radius 2 is 2.08 bits per heavy atom. The Morgan fingerprint density at radius 1 is 1.23 bits per heavy atom. The van der Waals surface area contributed by atoms with E-state index in [2.05, 4.69) is 30.9 Å². The number of aromatic nitrogens is 3. The van der Waals surface area contributed by atoms with Crippen molar-refractivity contribution in [2.45, 2.75) is 32.2 Å². The maximum absolute atomic E-state index is 13.5. The first-order valence-corrected chi connectivity index (χ1v) is 9.48. The largest absolute Gasteiger partial charge is 0.298 e. The van der Waals surface area contributed by atoms with Gasteiger partial charge in [-0.05, 0) is 66.0 Å². The quantitative estimate of drug-likeness (QED) is 0.627. The van der Waals surface area contributed by atoms with Gasteiger partial charge in [-0.3, -0.25) is 4.90 Å². The summed E-state index contributed by atoms with van der Waals surface area (Å²) in [4.78, 5) is 6.71. The van der Waals surface area contributed by atoms with E-state index in [1.54, 1.807) is 6.07 Å². The zero-order valence-electron chi connectivity index (χ0n) is 14.4. The Hall–Kier alpha value is -1.86. The SMILES string of the molecule is Cc1nn2c([C@H]3CCCN(Cc4ccc(F)c(F)c4)C3)ccnc2c1Br. The smallest absolute Gasteiger partial charge is 0.169 e. The van der Waals surface area contributed by atoms with Crippen molar-refractivity contribution < 1.29 is 8.78 Å². The number of rotatable bonds is 3. The lowest BCUT2D eigenvalue weighted by atomic mass is 9.94. The summed E-state index contributed by atoms with van der Waals surface area (Å²) in [5.41, 5.74) is 3.68. The van der Waals surface area contributed by atoms with Crippen LogP contribution in [0.1, 0.15) is 35.7 Å². The number of hydrogen-bond donors (Lipinski definition) is 0. The molecule has 0 saturated carbocycles. The molecule has 1 aromatic carbocycles. The van der Waals surface area contributed by atoms with E-state index < -0.39 is 11.6 Å². The predicted molar refractivity (Wildman–Crippen MR) is 99.0 cm³/mol. The Balaban J connectivity index is 1.57. The van der Waals surface area contributed by atoms with Crippen molar-refractivity contribution in [3.8, 4) is 0 Å². The van der Waals surface area contributed by atoms with Crippen LogP contribution in [0.5, 0.6) is 0 Å².